The number of aromatic hydroxyl groups is 2. The number of piperidine rings is 1. The van der Waals surface area contributed by atoms with Gasteiger partial charge in [0, 0.05) is 55.2 Å². The molecular formula is C46H53N3O5. The third-order valence-electron chi connectivity index (χ3n) is 11.0. The number of hydrogen-bond donors (Lipinski definition) is 2. The number of benzene rings is 4. The van der Waals surface area contributed by atoms with E-state index in [1.54, 1.807) is 20.3 Å². The average molecular weight is 728 g/mol. The van der Waals surface area contributed by atoms with E-state index in [9.17, 15) is 10.2 Å². The fourth-order valence-corrected chi connectivity index (χ4v) is 7.84. The summed E-state index contributed by atoms with van der Waals surface area (Å²) in [6, 6.07) is 30.4. The molecule has 0 amide bonds. The fourth-order valence-electron chi connectivity index (χ4n) is 7.84. The van der Waals surface area contributed by atoms with Gasteiger partial charge in [0.1, 0.15) is 0 Å². The van der Waals surface area contributed by atoms with E-state index < -0.39 is 0 Å². The highest BCUT2D eigenvalue weighted by atomic mass is 16.5. The first-order chi connectivity index (χ1) is 26.4. The minimum absolute atomic E-state index is 0.217. The number of unbranched alkanes of at least 4 members (excludes halogenated alkanes) is 1. The zero-order chi connectivity index (χ0) is 37.6. The first kappa shape index (κ1) is 37.1. The molecule has 1 saturated carbocycles. The minimum atomic E-state index is -0.269. The van der Waals surface area contributed by atoms with Gasteiger partial charge in [-0.25, -0.2) is 0 Å². The van der Waals surface area contributed by atoms with Crippen LogP contribution in [0, 0.1) is 0 Å². The molecule has 1 aromatic heterocycles. The fraction of sp³-hybridized carbons (Fsp3) is 0.370. The molecular weight excluding hydrogens is 675 g/mol. The van der Waals surface area contributed by atoms with Crippen LogP contribution in [0.5, 0.6) is 28.7 Å². The summed E-state index contributed by atoms with van der Waals surface area (Å²) in [4.78, 5) is 9.70. The van der Waals surface area contributed by atoms with E-state index in [0.29, 0.717) is 17.5 Å². The number of phenols is 2. The van der Waals surface area contributed by atoms with Gasteiger partial charge in [0.15, 0.2) is 23.0 Å². The van der Waals surface area contributed by atoms with Crippen molar-refractivity contribution in [1.29, 1.82) is 0 Å². The highest BCUT2D eigenvalue weighted by molar-refractivity contribution is 5.71. The summed E-state index contributed by atoms with van der Waals surface area (Å²) in [7, 11) is 4.93. The normalized spacial score (nSPS) is 14.9. The second-order valence-corrected chi connectivity index (χ2v) is 14.8. The molecule has 7 rings (SSSR count). The van der Waals surface area contributed by atoms with Crippen molar-refractivity contribution in [2.45, 2.75) is 76.9 Å². The van der Waals surface area contributed by atoms with Crippen molar-refractivity contribution in [1.82, 2.24) is 9.88 Å². The van der Waals surface area contributed by atoms with Gasteiger partial charge < -0.3 is 29.3 Å². The first-order valence-electron chi connectivity index (χ1n) is 19.4. The summed E-state index contributed by atoms with van der Waals surface area (Å²) in [6.07, 6.45) is 9.82. The molecule has 1 saturated heterocycles. The van der Waals surface area contributed by atoms with Crippen LogP contribution in [0.3, 0.4) is 0 Å². The Morgan fingerprint density at radius 3 is 2.20 bits per heavy atom. The van der Waals surface area contributed by atoms with Gasteiger partial charge in [-0.05, 0) is 127 Å². The van der Waals surface area contributed by atoms with E-state index in [4.69, 9.17) is 14.2 Å². The molecule has 0 radical (unpaired) electrons. The molecule has 8 heteroatoms. The summed E-state index contributed by atoms with van der Waals surface area (Å²) in [5.74, 6) is 1.92. The highest BCUT2D eigenvalue weighted by Crippen LogP contribution is 2.49. The summed E-state index contributed by atoms with van der Waals surface area (Å²) in [5, 5.41) is 20.4. The molecule has 2 N–H and O–H groups in total. The predicted octanol–water partition coefficient (Wildman–Crippen LogP) is 9.74. The van der Waals surface area contributed by atoms with Crippen molar-refractivity contribution in [3.05, 3.63) is 113 Å². The van der Waals surface area contributed by atoms with E-state index in [0.717, 1.165) is 73.8 Å². The van der Waals surface area contributed by atoms with Crippen LogP contribution in [-0.4, -0.2) is 60.6 Å². The van der Waals surface area contributed by atoms with Gasteiger partial charge >= 0.3 is 0 Å². The SMILES string of the molecule is CCCCc1ccc(N(Cc2cccc(-c3cc(OC)c(OC)c(C4CC4)c3)c2)C2CCN(Cc3ccnc(-c4cc(O)c(O)c(OC)c4)c3)CC2)cc1. The largest absolute Gasteiger partial charge is 0.504 e. The van der Waals surface area contributed by atoms with E-state index in [-0.39, 0.29) is 17.2 Å². The maximum Gasteiger partial charge on any atom is 0.200 e. The van der Waals surface area contributed by atoms with Gasteiger partial charge in [-0.1, -0.05) is 43.7 Å². The Hall–Kier alpha value is -5.21. The Balaban J connectivity index is 1.09. The predicted molar refractivity (Wildman–Crippen MR) is 216 cm³/mol. The Bertz CT molecular complexity index is 2040. The van der Waals surface area contributed by atoms with Gasteiger partial charge in [-0.3, -0.25) is 9.88 Å². The molecule has 0 unspecified atom stereocenters. The van der Waals surface area contributed by atoms with Gasteiger partial charge in [0.05, 0.1) is 27.0 Å². The lowest BCUT2D eigenvalue weighted by Crippen LogP contribution is -2.44. The van der Waals surface area contributed by atoms with Gasteiger partial charge in [-0.2, -0.15) is 0 Å². The Kier molecular flexibility index (Phi) is 11.6. The van der Waals surface area contributed by atoms with Crippen molar-refractivity contribution in [3.63, 3.8) is 0 Å². The van der Waals surface area contributed by atoms with Crippen LogP contribution in [0.2, 0.25) is 0 Å². The number of aryl methyl sites for hydroxylation is 1. The lowest BCUT2D eigenvalue weighted by atomic mass is 9.96. The van der Waals surface area contributed by atoms with Crippen LogP contribution >= 0.6 is 0 Å². The maximum absolute atomic E-state index is 10.3. The number of rotatable bonds is 15. The Labute approximate surface area is 320 Å². The van der Waals surface area contributed by atoms with Crippen molar-refractivity contribution >= 4 is 5.69 Å². The summed E-state index contributed by atoms with van der Waals surface area (Å²) in [6.45, 7) is 5.85. The molecule has 4 aromatic carbocycles. The number of aromatic nitrogens is 1. The van der Waals surface area contributed by atoms with E-state index in [1.807, 2.05) is 6.20 Å². The monoisotopic (exact) mass is 727 g/mol. The molecule has 2 heterocycles. The molecule has 2 aliphatic rings. The van der Waals surface area contributed by atoms with Crippen molar-refractivity contribution < 1.29 is 24.4 Å². The lowest BCUT2D eigenvalue weighted by Gasteiger charge is -2.40. The molecule has 0 bridgehead atoms. The lowest BCUT2D eigenvalue weighted by molar-refractivity contribution is 0.201. The van der Waals surface area contributed by atoms with E-state index in [1.165, 1.54) is 66.8 Å². The third kappa shape index (κ3) is 8.44. The maximum atomic E-state index is 10.3. The van der Waals surface area contributed by atoms with Crippen LogP contribution in [0.25, 0.3) is 22.4 Å². The van der Waals surface area contributed by atoms with Crippen molar-refractivity contribution in [2.75, 3.05) is 39.3 Å². The van der Waals surface area contributed by atoms with Gasteiger partial charge in [0.2, 0.25) is 5.75 Å². The average Bonchev–Trinajstić information content (AvgIpc) is 4.06. The second-order valence-electron chi connectivity index (χ2n) is 14.8. The number of likely N-dealkylation sites (tertiary alicyclic amines) is 1. The van der Waals surface area contributed by atoms with E-state index >= 15 is 0 Å². The topological polar surface area (TPSA) is 87.5 Å². The van der Waals surface area contributed by atoms with Crippen molar-refractivity contribution in [2.24, 2.45) is 0 Å². The van der Waals surface area contributed by atoms with Crippen LogP contribution in [0.15, 0.2) is 91.1 Å². The number of hydrogen-bond acceptors (Lipinski definition) is 8. The quantitative estimate of drug-likeness (QED) is 0.103. The Morgan fingerprint density at radius 2 is 1.50 bits per heavy atom. The highest BCUT2D eigenvalue weighted by Gasteiger charge is 2.30. The molecule has 0 atom stereocenters. The van der Waals surface area contributed by atoms with Crippen LogP contribution in [0.4, 0.5) is 5.69 Å². The smallest absolute Gasteiger partial charge is 0.200 e. The van der Waals surface area contributed by atoms with Crippen LogP contribution in [-0.2, 0) is 19.5 Å². The molecule has 2 fully saturated rings. The van der Waals surface area contributed by atoms with Gasteiger partial charge in [-0.15, -0.1) is 0 Å². The molecule has 1 aliphatic carbocycles. The zero-order valence-corrected chi connectivity index (χ0v) is 32.1. The summed E-state index contributed by atoms with van der Waals surface area (Å²) >= 11 is 0. The Morgan fingerprint density at radius 1 is 0.741 bits per heavy atom. The number of phenolic OH excluding ortho intramolecular Hbond substituents is 2. The number of anilines is 1. The van der Waals surface area contributed by atoms with Crippen molar-refractivity contribution in [3.8, 4) is 51.1 Å². The molecule has 5 aromatic rings. The number of pyridine rings is 1. The van der Waals surface area contributed by atoms with Crippen LogP contribution in [0.1, 0.15) is 73.6 Å². The number of methoxy groups -OCH3 is 3. The summed E-state index contributed by atoms with van der Waals surface area (Å²) < 4.78 is 16.9. The molecule has 54 heavy (non-hydrogen) atoms. The second kappa shape index (κ2) is 16.9. The molecule has 8 nitrogen and oxygen atoms in total. The zero-order valence-electron chi connectivity index (χ0n) is 32.1. The minimum Gasteiger partial charge on any atom is -0.504 e. The number of ether oxygens (including phenoxy) is 3. The molecule has 1 aliphatic heterocycles. The molecule has 0 spiro atoms. The standard InChI is InChI=1S/C46H53N3O5/c1-5-6-8-31-11-15-38(16-12-31)49(30-32-9-7-10-35(23-32)36-25-40(34-13-14-34)46(54-4)44(27-36)53-3)39-18-21-48(22-19-39)29-33-17-20-47-41(24-33)37-26-42(50)45(51)43(28-37)52-2/h7,9-12,15-17,20,23-28,34,39,50-51H,5-6,8,13-14,18-19,21-22,29-30H2,1-4H3. The summed E-state index contributed by atoms with van der Waals surface area (Å²) in [5.41, 5.74) is 10.1. The van der Waals surface area contributed by atoms with Crippen LogP contribution < -0.4 is 19.1 Å². The third-order valence-corrected chi connectivity index (χ3v) is 11.0. The van der Waals surface area contributed by atoms with Gasteiger partial charge in [0.25, 0.3) is 0 Å². The van der Waals surface area contributed by atoms with E-state index in [2.05, 4.69) is 94.5 Å². The number of nitrogens with zero attached hydrogens (tertiary/aromatic N) is 3. The molecule has 282 valence electrons. The first-order valence-corrected chi connectivity index (χ1v) is 19.4.